The van der Waals surface area contributed by atoms with Gasteiger partial charge in [-0.2, -0.15) is 0 Å². The van der Waals surface area contributed by atoms with Crippen LogP contribution in [0.3, 0.4) is 0 Å². The van der Waals surface area contributed by atoms with Crippen molar-refractivity contribution in [2.75, 3.05) is 0 Å². The molecule has 0 spiro atoms. The normalized spacial score (nSPS) is 11.9. The molecule has 0 amide bonds. The molecule has 0 atom stereocenters. The standard InChI is InChI=1S/C31H23NO3S/c1-21-13-16-24(17-14-21)36(34,35)32-28-18-15-23-8-3-5-11-26(23)30(28)31(29(32)19-20-33)27-12-6-9-22-7-2-4-10-25(22)27/h2-18,20H,19H2,1H3. The molecule has 1 aromatic heterocycles. The van der Waals surface area contributed by atoms with Crippen LogP contribution in [-0.4, -0.2) is 18.7 Å². The summed E-state index contributed by atoms with van der Waals surface area (Å²) in [6, 6.07) is 32.7. The molecule has 4 nitrogen and oxygen atoms in total. The van der Waals surface area contributed by atoms with Crippen LogP contribution >= 0.6 is 0 Å². The number of benzene rings is 5. The molecule has 5 aromatic carbocycles. The molecular formula is C31H23NO3S. The van der Waals surface area contributed by atoms with E-state index in [-0.39, 0.29) is 11.3 Å². The summed E-state index contributed by atoms with van der Waals surface area (Å²) in [5.74, 6) is 0. The van der Waals surface area contributed by atoms with E-state index < -0.39 is 10.0 Å². The van der Waals surface area contributed by atoms with Crippen molar-refractivity contribution in [3.63, 3.8) is 0 Å². The van der Waals surface area contributed by atoms with Crippen LogP contribution in [0.15, 0.2) is 108 Å². The highest BCUT2D eigenvalue weighted by Gasteiger charge is 2.29. The Balaban J connectivity index is 1.84. The Hall–Kier alpha value is -4.22. The highest BCUT2D eigenvalue weighted by molar-refractivity contribution is 7.90. The van der Waals surface area contributed by atoms with Gasteiger partial charge in [-0.25, -0.2) is 12.4 Å². The fourth-order valence-corrected chi connectivity index (χ4v) is 6.73. The molecule has 0 fully saturated rings. The monoisotopic (exact) mass is 489 g/mol. The molecule has 0 radical (unpaired) electrons. The van der Waals surface area contributed by atoms with Gasteiger partial charge in [-0.15, -0.1) is 0 Å². The zero-order valence-electron chi connectivity index (χ0n) is 19.7. The van der Waals surface area contributed by atoms with E-state index in [2.05, 4.69) is 0 Å². The molecule has 0 bridgehead atoms. The first kappa shape index (κ1) is 22.3. The molecule has 0 aliphatic rings. The maximum atomic E-state index is 14.1. The zero-order valence-corrected chi connectivity index (χ0v) is 20.5. The molecule has 5 heteroatoms. The van der Waals surface area contributed by atoms with Crippen LogP contribution in [0.1, 0.15) is 11.3 Å². The topological polar surface area (TPSA) is 56.1 Å². The number of aromatic nitrogens is 1. The van der Waals surface area contributed by atoms with Crippen molar-refractivity contribution < 1.29 is 13.2 Å². The van der Waals surface area contributed by atoms with Crippen molar-refractivity contribution in [2.24, 2.45) is 0 Å². The smallest absolute Gasteiger partial charge is 0.268 e. The average Bonchev–Trinajstić information content (AvgIpc) is 3.23. The van der Waals surface area contributed by atoms with Crippen molar-refractivity contribution >= 4 is 48.8 Å². The van der Waals surface area contributed by atoms with Gasteiger partial charge in [0.2, 0.25) is 0 Å². The summed E-state index contributed by atoms with van der Waals surface area (Å²) in [5.41, 5.74) is 3.69. The fourth-order valence-electron chi connectivity index (χ4n) is 5.17. The molecule has 36 heavy (non-hydrogen) atoms. The summed E-state index contributed by atoms with van der Waals surface area (Å²) >= 11 is 0. The van der Waals surface area contributed by atoms with Gasteiger partial charge in [0.25, 0.3) is 10.0 Å². The van der Waals surface area contributed by atoms with Crippen LogP contribution in [-0.2, 0) is 21.2 Å². The van der Waals surface area contributed by atoms with Crippen molar-refractivity contribution in [3.8, 4) is 11.1 Å². The first-order valence-electron chi connectivity index (χ1n) is 11.8. The molecule has 1 heterocycles. The third-order valence-corrected chi connectivity index (χ3v) is 8.57. The number of hydrogen-bond acceptors (Lipinski definition) is 3. The van der Waals surface area contributed by atoms with Gasteiger partial charge in [-0.3, -0.25) is 0 Å². The average molecular weight is 490 g/mol. The Morgan fingerprint density at radius 1 is 0.722 bits per heavy atom. The number of aryl methyl sites for hydroxylation is 1. The molecule has 0 unspecified atom stereocenters. The maximum absolute atomic E-state index is 14.1. The number of aldehydes is 1. The summed E-state index contributed by atoms with van der Waals surface area (Å²) in [6.07, 6.45) is 0.749. The van der Waals surface area contributed by atoms with Gasteiger partial charge in [0, 0.05) is 17.4 Å². The van der Waals surface area contributed by atoms with Gasteiger partial charge in [0.15, 0.2) is 0 Å². The van der Waals surface area contributed by atoms with Crippen molar-refractivity contribution in [2.45, 2.75) is 18.2 Å². The van der Waals surface area contributed by atoms with Gasteiger partial charge < -0.3 is 4.79 Å². The Morgan fingerprint density at radius 2 is 1.36 bits per heavy atom. The first-order valence-corrected chi connectivity index (χ1v) is 13.2. The van der Waals surface area contributed by atoms with E-state index in [9.17, 15) is 13.2 Å². The van der Waals surface area contributed by atoms with E-state index in [1.54, 1.807) is 24.3 Å². The van der Waals surface area contributed by atoms with Crippen molar-refractivity contribution in [3.05, 3.63) is 114 Å². The first-order chi connectivity index (χ1) is 17.5. The quantitative estimate of drug-likeness (QED) is 0.248. The van der Waals surface area contributed by atoms with Gasteiger partial charge >= 0.3 is 0 Å². The second-order valence-corrected chi connectivity index (χ2v) is 10.8. The van der Waals surface area contributed by atoms with E-state index in [4.69, 9.17) is 0 Å². The van der Waals surface area contributed by atoms with Crippen LogP contribution in [0.25, 0.3) is 43.6 Å². The number of hydrogen-bond donors (Lipinski definition) is 0. The lowest BCUT2D eigenvalue weighted by atomic mass is 9.93. The highest BCUT2D eigenvalue weighted by Crippen LogP contribution is 2.43. The Kier molecular flexibility index (Phi) is 5.23. The predicted molar refractivity (Wildman–Crippen MR) is 146 cm³/mol. The van der Waals surface area contributed by atoms with Gasteiger partial charge in [0.1, 0.15) is 6.29 Å². The highest BCUT2D eigenvalue weighted by atomic mass is 32.2. The number of nitrogens with zero attached hydrogens (tertiary/aromatic N) is 1. The maximum Gasteiger partial charge on any atom is 0.268 e. The molecule has 0 saturated carbocycles. The number of fused-ring (bicyclic) bond motifs is 4. The Morgan fingerprint density at radius 3 is 2.08 bits per heavy atom. The zero-order chi connectivity index (χ0) is 24.9. The van der Waals surface area contributed by atoms with Crippen molar-refractivity contribution in [1.82, 2.24) is 3.97 Å². The summed E-state index contributed by atoms with van der Waals surface area (Å²) < 4.78 is 29.7. The number of carbonyl (C=O) groups is 1. The number of rotatable bonds is 5. The molecule has 6 aromatic rings. The van der Waals surface area contributed by atoms with Crippen LogP contribution in [0.4, 0.5) is 0 Å². The second kappa shape index (κ2) is 8.47. The molecule has 0 saturated heterocycles. The van der Waals surface area contributed by atoms with Gasteiger partial charge in [-0.05, 0) is 52.2 Å². The largest absolute Gasteiger partial charge is 0.303 e. The Bertz CT molecular complexity index is 1890. The minimum Gasteiger partial charge on any atom is -0.303 e. The minimum absolute atomic E-state index is 0.0351. The molecular weight excluding hydrogens is 466 g/mol. The SMILES string of the molecule is Cc1ccc(S(=O)(=O)n2c(CC=O)c(-c3cccc4ccccc34)c3c4ccccc4ccc32)cc1. The van der Waals surface area contributed by atoms with Crippen LogP contribution < -0.4 is 0 Å². The van der Waals surface area contributed by atoms with E-state index in [1.165, 1.54) is 3.97 Å². The molecule has 0 aliphatic heterocycles. The lowest BCUT2D eigenvalue weighted by Gasteiger charge is -2.13. The lowest BCUT2D eigenvalue weighted by Crippen LogP contribution is -2.16. The second-order valence-electron chi connectivity index (χ2n) is 8.98. The van der Waals surface area contributed by atoms with Crippen LogP contribution in [0, 0.1) is 6.92 Å². The summed E-state index contributed by atoms with van der Waals surface area (Å²) in [6.45, 7) is 1.92. The lowest BCUT2D eigenvalue weighted by molar-refractivity contribution is -0.107. The molecule has 0 N–H and O–H groups in total. The third kappa shape index (κ3) is 3.35. The van der Waals surface area contributed by atoms with Gasteiger partial charge in [0.05, 0.1) is 16.1 Å². The van der Waals surface area contributed by atoms with E-state index in [0.29, 0.717) is 11.2 Å². The third-order valence-electron chi connectivity index (χ3n) is 6.80. The van der Waals surface area contributed by atoms with E-state index >= 15 is 0 Å². The summed E-state index contributed by atoms with van der Waals surface area (Å²) in [4.78, 5) is 12.2. The van der Waals surface area contributed by atoms with Crippen LogP contribution in [0.2, 0.25) is 0 Å². The fraction of sp³-hybridized carbons (Fsp3) is 0.0645. The Labute approximate surface area is 209 Å². The number of carbonyl (C=O) groups excluding carboxylic acids is 1. The predicted octanol–water partition coefficient (Wildman–Crippen LogP) is 6.90. The van der Waals surface area contributed by atoms with E-state index in [1.807, 2.05) is 85.8 Å². The van der Waals surface area contributed by atoms with E-state index in [0.717, 1.165) is 49.9 Å². The molecule has 0 aliphatic carbocycles. The molecule has 6 rings (SSSR count). The molecule has 176 valence electrons. The summed E-state index contributed by atoms with van der Waals surface area (Å²) in [7, 11) is -3.99. The van der Waals surface area contributed by atoms with Crippen LogP contribution in [0.5, 0.6) is 0 Å². The van der Waals surface area contributed by atoms with Gasteiger partial charge in [-0.1, -0.05) is 90.5 Å². The minimum atomic E-state index is -3.99. The van der Waals surface area contributed by atoms with Crippen molar-refractivity contribution in [1.29, 1.82) is 0 Å². The summed E-state index contributed by atoms with van der Waals surface area (Å²) in [5, 5.41) is 4.84.